The molecule has 0 saturated carbocycles. The number of benzene rings is 1. The maximum Gasteiger partial charge on any atom is 0.329 e. The van der Waals surface area contributed by atoms with Crippen molar-refractivity contribution in [3.8, 4) is 0 Å². The Hall–Kier alpha value is -2.77. The molecule has 1 aromatic carbocycles. The minimum absolute atomic E-state index is 0.0244. The molecule has 1 atom stereocenters. The van der Waals surface area contributed by atoms with Gasteiger partial charge in [0.25, 0.3) is 0 Å². The summed E-state index contributed by atoms with van der Waals surface area (Å²) in [6, 6.07) is 6.35. The highest BCUT2D eigenvalue weighted by molar-refractivity contribution is 5.53. The summed E-state index contributed by atoms with van der Waals surface area (Å²) in [7, 11) is 1.81. The van der Waals surface area contributed by atoms with Crippen LogP contribution in [0.5, 0.6) is 0 Å². The number of hydrogen-bond acceptors (Lipinski definition) is 6. The summed E-state index contributed by atoms with van der Waals surface area (Å²) in [4.78, 5) is 20.1. The van der Waals surface area contributed by atoms with Gasteiger partial charge in [-0.25, -0.2) is 9.37 Å². The van der Waals surface area contributed by atoms with Crippen molar-refractivity contribution in [1.82, 2.24) is 9.97 Å². The predicted molar refractivity (Wildman–Crippen MR) is 90.2 cm³/mol. The number of nitro groups is 1. The Morgan fingerprint density at radius 2 is 1.96 bits per heavy atom. The van der Waals surface area contributed by atoms with Gasteiger partial charge in [0.2, 0.25) is 11.8 Å². The Morgan fingerprint density at radius 3 is 2.46 bits per heavy atom. The van der Waals surface area contributed by atoms with Gasteiger partial charge >= 0.3 is 5.69 Å². The molecule has 0 aliphatic rings. The molecule has 1 aromatic heterocycles. The topological polar surface area (TPSA) is 98.2 Å². The van der Waals surface area contributed by atoms with Crippen molar-refractivity contribution in [2.24, 2.45) is 5.92 Å². The number of nitrogens with two attached hydrogens (primary N) is 1. The molecule has 0 bridgehead atoms. The first-order valence-corrected chi connectivity index (χ1v) is 7.53. The first kappa shape index (κ1) is 17.6. The molecule has 0 radical (unpaired) electrons. The van der Waals surface area contributed by atoms with E-state index in [0.717, 1.165) is 11.8 Å². The van der Waals surface area contributed by atoms with E-state index in [1.165, 1.54) is 12.1 Å². The highest BCUT2D eigenvalue weighted by Gasteiger charge is 2.23. The van der Waals surface area contributed by atoms with Crippen LogP contribution in [-0.4, -0.2) is 28.0 Å². The van der Waals surface area contributed by atoms with Crippen LogP contribution in [0.15, 0.2) is 30.5 Å². The summed E-state index contributed by atoms with van der Waals surface area (Å²) in [6.07, 6.45) is 1.78. The van der Waals surface area contributed by atoms with Crippen molar-refractivity contribution in [1.29, 1.82) is 0 Å². The summed E-state index contributed by atoms with van der Waals surface area (Å²) in [5, 5.41) is 10.8. The molecule has 1 heterocycles. The molecular weight excluding hydrogens is 313 g/mol. The van der Waals surface area contributed by atoms with Gasteiger partial charge in [-0.2, -0.15) is 4.98 Å². The van der Waals surface area contributed by atoms with E-state index < -0.39 is 4.92 Å². The molecule has 2 aromatic rings. The average molecular weight is 333 g/mol. The molecule has 0 amide bonds. The standard InChI is InChI=1S/C16H20FN5O2/c1-10(2)13(8-11-4-6-12(17)7-5-11)21(3)16-19-9-14(22(23)24)15(18)20-16/h4-7,9-10,13H,8H2,1-3H3,(H2,18,19,20)/t13-/m1/s1. The SMILES string of the molecule is CC(C)[C@@H](Cc1ccc(F)cc1)N(C)c1ncc([N+](=O)[O-])c(N)n1. The molecule has 2 rings (SSSR count). The third-order valence-electron chi connectivity index (χ3n) is 3.92. The number of rotatable bonds is 6. The second kappa shape index (κ2) is 7.20. The van der Waals surface area contributed by atoms with Gasteiger partial charge in [-0.1, -0.05) is 26.0 Å². The molecule has 0 aliphatic heterocycles. The van der Waals surface area contributed by atoms with Gasteiger partial charge in [0.1, 0.15) is 12.0 Å². The maximum absolute atomic E-state index is 13.1. The van der Waals surface area contributed by atoms with Gasteiger partial charge in [-0.05, 0) is 30.0 Å². The smallest absolute Gasteiger partial charge is 0.329 e. The van der Waals surface area contributed by atoms with E-state index >= 15 is 0 Å². The third-order valence-corrected chi connectivity index (χ3v) is 3.92. The van der Waals surface area contributed by atoms with Gasteiger partial charge in [0.15, 0.2) is 0 Å². The van der Waals surface area contributed by atoms with Crippen LogP contribution in [0.3, 0.4) is 0 Å². The Morgan fingerprint density at radius 1 is 1.33 bits per heavy atom. The van der Waals surface area contributed by atoms with Crippen LogP contribution in [-0.2, 0) is 6.42 Å². The second-order valence-corrected chi connectivity index (χ2v) is 5.95. The summed E-state index contributed by atoms with van der Waals surface area (Å²) in [5.41, 5.74) is 6.31. The minimum atomic E-state index is -0.614. The summed E-state index contributed by atoms with van der Waals surface area (Å²) in [6.45, 7) is 4.11. The third kappa shape index (κ3) is 3.95. The molecule has 0 saturated heterocycles. The van der Waals surface area contributed by atoms with E-state index in [-0.39, 0.29) is 29.3 Å². The Balaban J connectivity index is 2.25. The Bertz CT molecular complexity index is 721. The van der Waals surface area contributed by atoms with E-state index in [0.29, 0.717) is 12.4 Å². The molecule has 2 N–H and O–H groups in total. The maximum atomic E-state index is 13.1. The van der Waals surface area contributed by atoms with E-state index in [1.54, 1.807) is 12.1 Å². The summed E-state index contributed by atoms with van der Waals surface area (Å²) < 4.78 is 13.1. The molecule has 0 unspecified atom stereocenters. The van der Waals surface area contributed by atoms with E-state index in [4.69, 9.17) is 5.73 Å². The Labute approximate surface area is 139 Å². The normalized spacial score (nSPS) is 12.2. The zero-order chi connectivity index (χ0) is 17.9. The van der Waals surface area contributed by atoms with Gasteiger partial charge < -0.3 is 10.6 Å². The van der Waals surface area contributed by atoms with Crippen LogP contribution in [0.2, 0.25) is 0 Å². The lowest BCUT2D eigenvalue weighted by molar-refractivity contribution is -0.384. The van der Waals surface area contributed by atoms with Crippen molar-refractivity contribution >= 4 is 17.5 Å². The first-order chi connectivity index (χ1) is 11.3. The number of nitrogen functional groups attached to an aromatic ring is 1. The molecule has 0 spiro atoms. The highest BCUT2D eigenvalue weighted by atomic mass is 19.1. The van der Waals surface area contributed by atoms with E-state index in [1.807, 2.05) is 11.9 Å². The summed E-state index contributed by atoms with van der Waals surface area (Å²) >= 11 is 0. The minimum Gasteiger partial charge on any atom is -0.378 e. The van der Waals surface area contributed by atoms with Crippen molar-refractivity contribution in [3.05, 3.63) is 52.0 Å². The van der Waals surface area contributed by atoms with Crippen LogP contribution in [0, 0.1) is 21.8 Å². The number of likely N-dealkylation sites (N-methyl/N-ethyl adjacent to an activating group) is 1. The molecule has 0 fully saturated rings. The van der Waals surface area contributed by atoms with Crippen molar-refractivity contribution in [2.75, 3.05) is 17.7 Å². The number of halogens is 1. The fourth-order valence-electron chi connectivity index (χ4n) is 2.52. The lowest BCUT2D eigenvalue weighted by Crippen LogP contribution is -2.39. The van der Waals surface area contributed by atoms with Crippen molar-refractivity contribution in [3.63, 3.8) is 0 Å². The fourth-order valence-corrected chi connectivity index (χ4v) is 2.52. The van der Waals surface area contributed by atoms with Gasteiger partial charge in [-0.3, -0.25) is 10.1 Å². The molecule has 7 nitrogen and oxygen atoms in total. The van der Waals surface area contributed by atoms with Gasteiger partial charge in [0, 0.05) is 13.1 Å². The zero-order valence-corrected chi connectivity index (χ0v) is 13.8. The second-order valence-electron chi connectivity index (χ2n) is 5.95. The number of nitrogens with zero attached hydrogens (tertiary/aromatic N) is 4. The fraction of sp³-hybridized carbons (Fsp3) is 0.375. The first-order valence-electron chi connectivity index (χ1n) is 7.53. The predicted octanol–water partition coefficient (Wildman–Crippen LogP) is 2.81. The molecule has 24 heavy (non-hydrogen) atoms. The lowest BCUT2D eigenvalue weighted by atomic mass is 9.95. The number of aromatic nitrogens is 2. The van der Waals surface area contributed by atoms with E-state index in [2.05, 4.69) is 23.8 Å². The molecule has 8 heteroatoms. The lowest BCUT2D eigenvalue weighted by Gasteiger charge is -2.31. The van der Waals surface area contributed by atoms with Crippen LogP contribution in [0.4, 0.5) is 21.8 Å². The van der Waals surface area contributed by atoms with Crippen LogP contribution >= 0.6 is 0 Å². The average Bonchev–Trinajstić information content (AvgIpc) is 2.53. The van der Waals surface area contributed by atoms with Gasteiger partial charge in [0.05, 0.1) is 4.92 Å². The van der Waals surface area contributed by atoms with Crippen LogP contribution in [0.1, 0.15) is 19.4 Å². The van der Waals surface area contributed by atoms with Crippen LogP contribution in [0.25, 0.3) is 0 Å². The van der Waals surface area contributed by atoms with Crippen molar-refractivity contribution in [2.45, 2.75) is 26.3 Å². The largest absolute Gasteiger partial charge is 0.378 e. The van der Waals surface area contributed by atoms with E-state index in [9.17, 15) is 14.5 Å². The zero-order valence-electron chi connectivity index (χ0n) is 13.8. The molecule has 0 aliphatic carbocycles. The monoisotopic (exact) mass is 333 g/mol. The molecule has 128 valence electrons. The van der Waals surface area contributed by atoms with Crippen LogP contribution < -0.4 is 10.6 Å². The van der Waals surface area contributed by atoms with Gasteiger partial charge in [-0.15, -0.1) is 0 Å². The number of anilines is 2. The van der Waals surface area contributed by atoms with Crippen molar-refractivity contribution < 1.29 is 9.31 Å². The molecular formula is C16H20FN5O2. The highest BCUT2D eigenvalue weighted by Crippen LogP contribution is 2.24. The Kier molecular flexibility index (Phi) is 5.28. The number of hydrogen-bond donors (Lipinski definition) is 1. The summed E-state index contributed by atoms with van der Waals surface area (Å²) in [5.74, 6) is 0.125. The quantitative estimate of drug-likeness (QED) is 0.645.